The fraction of sp³-hybridized carbons (Fsp3) is 0.385. The van der Waals surface area contributed by atoms with Gasteiger partial charge in [0.15, 0.2) is 0 Å². The average Bonchev–Trinajstić information content (AvgIpc) is 2.49. The van der Waals surface area contributed by atoms with Crippen molar-refractivity contribution in [1.82, 2.24) is 14.9 Å². The first-order chi connectivity index (χ1) is 11.0. The summed E-state index contributed by atoms with van der Waals surface area (Å²) in [5.41, 5.74) is -1.16. The number of fused-ring (bicyclic) bond motifs is 1. The quantitative estimate of drug-likeness (QED) is 0.287. The van der Waals surface area contributed by atoms with E-state index in [4.69, 9.17) is 10.2 Å². The standard InChI is InChI=1S/C13H16N4O6/c18-3-1-16(2-4-19)7-8-5-9(17(22)23)6-10-11(8)15-13(21)12(20)14-10/h5-6,18-19H,1-4,7H2,(H,14,20)(H,15,21). The third kappa shape index (κ3) is 3.80. The third-order valence-electron chi connectivity index (χ3n) is 3.33. The molecule has 0 unspecified atom stereocenters. The van der Waals surface area contributed by atoms with Gasteiger partial charge in [-0.1, -0.05) is 0 Å². The monoisotopic (exact) mass is 324 g/mol. The number of nitrogens with zero attached hydrogens (tertiary/aromatic N) is 2. The van der Waals surface area contributed by atoms with Crippen LogP contribution in [0.4, 0.5) is 5.69 Å². The van der Waals surface area contributed by atoms with E-state index in [1.54, 1.807) is 4.90 Å². The number of hydrogen-bond donors (Lipinski definition) is 4. The lowest BCUT2D eigenvalue weighted by Crippen LogP contribution is -2.31. The fourth-order valence-electron chi connectivity index (χ4n) is 2.30. The molecule has 2 rings (SSSR count). The van der Waals surface area contributed by atoms with Crippen molar-refractivity contribution in [3.63, 3.8) is 0 Å². The molecule has 0 aliphatic rings. The summed E-state index contributed by atoms with van der Waals surface area (Å²) in [6.45, 7) is 0.346. The normalized spacial score (nSPS) is 11.3. The molecular weight excluding hydrogens is 308 g/mol. The maximum atomic E-state index is 11.5. The molecule has 0 saturated heterocycles. The van der Waals surface area contributed by atoms with Crippen LogP contribution in [0, 0.1) is 10.1 Å². The Balaban J connectivity index is 2.59. The van der Waals surface area contributed by atoms with Gasteiger partial charge in [-0.25, -0.2) is 0 Å². The third-order valence-corrected chi connectivity index (χ3v) is 3.33. The number of aromatic nitrogens is 2. The van der Waals surface area contributed by atoms with Gasteiger partial charge in [0.25, 0.3) is 5.69 Å². The van der Waals surface area contributed by atoms with Crippen molar-refractivity contribution in [2.24, 2.45) is 0 Å². The summed E-state index contributed by atoms with van der Waals surface area (Å²) in [6, 6.07) is 2.46. The summed E-state index contributed by atoms with van der Waals surface area (Å²) < 4.78 is 0. The molecule has 0 atom stereocenters. The van der Waals surface area contributed by atoms with Gasteiger partial charge in [-0.05, 0) is 5.56 Å². The van der Waals surface area contributed by atoms with Gasteiger partial charge in [0.05, 0.1) is 29.2 Å². The predicted molar refractivity (Wildman–Crippen MR) is 81.3 cm³/mol. The Morgan fingerprint density at radius 2 is 1.70 bits per heavy atom. The zero-order valence-corrected chi connectivity index (χ0v) is 12.1. The van der Waals surface area contributed by atoms with Crippen molar-refractivity contribution in [2.75, 3.05) is 26.3 Å². The molecule has 1 aromatic carbocycles. The molecule has 0 aliphatic carbocycles. The van der Waals surface area contributed by atoms with E-state index in [2.05, 4.69) is 9.97 Å². The van der Waals surface area contributed by atoms with Crippen LogP contribution in [0.1, 0.15) is 5.56 Å². The Hall–Kier alpha value is -2.56. The van der Waals surface area contributed by atoms with E-state index in [0.717, 1.165) is 0 Å². The minimum atomic E-state index is -0.897. The summed E-state index contributed by atoms with van der Waals surface area (Å²) in [5, 5.41) is 29.1. The first-order valence-electron chi connectivity index (χ1n) is 6.84. The summed E-state index contributed by atoms with van der Waals surface area (Å²) in [5.74, 6) is 0. The number of aliphatic hydroxyl groups excluding tert-OH is 2. The zero-order chi connectivity index (χ0) is 17.0. The lowest BCUT2D eigenvalue weighted by molar-refractivity contribution is -0.384. The average molecular weight is 324 g/mol. The molecule has 0 spiro atoms. The zero-order valence-electron chi connectivity index (χ0n) is 12.1. The number of nitrogens with one attached hydrogen (secondary N) is 2. The number of nitro groups is 1. The Bertz CT molecular complexity index is 821. The first-order valence-corrected chi connectivity index (χ1v) is 6.84. The van der Waals surface area contributed by atoms with E-state index in [9.17, 15) is 19.7 Å². The van der Waals surface area contributed by atoms with Crippen LogP contribution in [0.25, 0.3) is 11.0 Å². The highest BCUT2D eigenvalue weighted by Crippen LogP contribution is 2.22. The van der Waals surface area contributed by atoms with E-state index in [1.165, 1.54) is 12.1 Å². The number of rotatable bonds is 7. The van der Waals surface area contributed by atoms with Crippen LogP contribution in [0.15, 0.2) is 21.7 Å². The topological polar surface area (TPSA) is 153 Å². The van der Waals surface area contributed by atoms with Crippen molar-refractivity contribution < 1.29 is 15.1 Å². The highest BCUT2D eigenvalue weighted by atomic mass is 16.6. The second-order valence-electron chi connectivity index (χ2n) is 4.92. The van der Waals surface area contributed by atoms with E-state index in [1.807, 2.05) is 0 Å². The molecule has 0 saturated carbocycles. The van der Waals surface area contributed by atoms with E-state index in [-0.39, 0.29) is 49.6 Å². The van der Waals surface area contributed by atoms with Crippen LogP contribution in [0.3, 0.4) is 0 Å². The minimum absolute atomic E-state index is 0.145. The molecule has 124 valence electrons. The van der Waals surface area contributed by atoms with Gasteiger partial charge in [0.2, 0.25) is 0 Å². The number of H-pyrrole nitrogens is 2. The Kier molecular flexibility index (Phi) is 5.21. The highest BCUT2D eigenvalue weighted by molar-refractivity contribution is 5.80. The molecule has 10 heteroatoms. The molecule has 0 bridgehead atoms. The molecule has 0 fully saturated rings. The minimum Gasteiger partial charge on any atom is -0.395 e. The van der Waals surface area contributed by atoms with Crippen molar-refractivity contribution in [2.45, 2.75) is 6.54 Å². The first kappa shape index (κ1) is 16.8. The number of aliphatic hydroxyl groups is 2. The maximum Gasteiger partial charge on any atom is 0.314 e. The molecule has 4 N–H and O–H groups in total. The van der Waals surface area contributed by atoms with Crippen LogP contribution in [0.2, 0.25) is 0 Å². The smallest absolute Gasteiger partial charge is 0.314 e. The van der Waals surface area contributed by atoms with Crippen LogP contribution in [-0.4, -0.2) is 56.3 Å². The van der Waals surface area contributed by atoms with Crippen molar-refractivity contribution in [3.8, 4) is 0 Å². The number of hydrogen-bond acceptors (Lipinski definition) is 7. The molecular formula is C13H16N4O6. The van der Waals surface area contributed by atoms with Crippen molar-refractivity contribution >= 4 is 16.7 Å². The molecule has 2 aromatic rings. The number of benzene rings is 1. The van der Waals surface area contributed by atoms with Gasteiger partial charge in [-0.3, -0.25) is 24.6 Å². The fourth-order valence-corrected chi connectivity index (χ4v) is 2.30. The number of nitro benzene ring substituents is 1. The van der Waals surface area contributed by atoms with Crippen LogP contribution >= 0.6 is 0 Å². The van der Waals surface area contributed by atoms with E-state index in [0.29, 0.717) is 5.56 Å². The lowest BCUT2D eigenvalue weighted by Gasteiger charge is -2.20. The van der Waals surface area contributed by atoms with Gasteiger partial charge in [-0.2, -0.15) is 0 Å². The molecule has 1 aromatic heterocycles. The van der Waals surface area contributed by atoms with Crippen LogP contribution in [-0.2, 0) is 6.54 Å². The molecule has 23 heavy (non-hydrogen) atoms. The molecule has 0 radical (unpaired) electrons. The second-order valence-corrected chi connectivity index (χ2v) is 4.92. The van der Waals surface area contributed by atoms with E-state index >= 15 is 0 Å². The highest BCUT2D eigenvalue weighted by Gasteiger charge is 2.16. The van der Waals surface area contributed by atoms with Crippen molar-refractivity contribution in [3.05, 3.63) is 48.5 Å². The molecule has 0 aliphatic heterocycles. The van der Waals surface area contributed by atoms with Crippen LogP contribution < -0.4 is 11.1 Å². The molecule has 1 heterocycles. The maximum absolute atomic E-state index is 11.5. The van der Waals surface area contributed by atoms with Gasteiger partial charge < -0.3 is 20.2 Å². The van der Waals surface area contributed by atoms with E-state index < -0.39 is 16.0 Å². The van der Waals surface area contributed by atoms with Crippen molar-refractivity contribution in [1.29, 1.82) is 0 Å². The van der Waals surface area contributed by atoms with Gasteiger partial charge in [-0.15, -0.1) is 0 Å². The Morgan fingerprint density at radius 1 is 1.09 bits per heavy atom. The second kappa shape index (κ2) is 7.13. The summed E-state index contributed by atoms with van der Waals surface area (Å²) in [4.78, 5) is 39.7. The van der Waals surface area contributed by atoms with Gasteiger partial charge >= 0.3 is 11.1 Å². The SMILES string of the molecule is O=c1[nH]c2cc([N+](=O)[O-])cc(CN(CCO)CCO)c2[nH]c1=O. The largest absolute Gasteiger partial charge is 0.395 e. The Morgan fingerprint density at radius 3 is 2.26 bits per heavy atom. The summed E-state index contributed by atoms with van der Waals surface area (Å²) >= 11 is 0. The number of aromatic amines is 2. The Labute approximate surface area is 129 Å². The molecule has 10 nitrogen and oxygen atoms in total. The predicted octanol–water partition coefficient (Wildman–Crippen LogP) is -1.09. The lowest BCUT2D eigenvalue weighted by atomic mass is 10.1. The van der Waals surface area contributed by atoms with Crippen LogP contribution in [0.5, 0.6) is 0 Å². The molecule has 0 amide bonds. The van der Waals surface area contributed by atoms with Gasteiger partial charge in [0, 0.05) is 31.8 Å². The number of non-ortho nitro benzene ring substituents is 1. The summed E-state index contributed by atoms with van der Waals surface area (Å²) in [7, 11) is 0. The summed E-state index contributed by atoms with van der Waals surface area (Å²) in [6.07, 6.45) is 0. The van der Waals surface area contributed by atoms with Gasteiger partial charge in [0.1, 0.15) is 0 Å².